The molecule has 3 heterocycles. The van der Waals surface area contributed by atoms with Crippen LogP contribution in [0.25, 0.3) is 66.2 Å². The van der Waals surface area contributed by atoms with Gasteiger partial charge in [-0.15, -0.1) is 0 Å². The maximum absolute atomic E-state index is 6.47. The number of para-hydroxylation sites is 4. The van der Waals surface area contributed by atoms with Crippen molar-refractivity contribution < 1.29 is 4.42 Å². The molecular formula is C36H27N3O. The van der Waals surface area contributed by atoms with Crippen LogP contribution in [0.2, 0.25) is 0 Å². The summed E-state index contributed by atoms with van der Waals surface area (Å²) >= 11 is 0. The molecule has 0 N–H and O–H groups in total. The summed E-state index contributed by atoms with van der Waals surface area (Å²) in [6.07, 6.45) is 5.02. The summed E-state index contributed by atoms with van der Waals surface area (Å²) in [4.78, 5) is 5.12. The second-order valence-electron chi connectivity index (χ2n) is 11.1. The predicted octanol–water partition coefficient (Wildman–Crippen LogP) is 9.68. The molecular weight excluding hydrogens is 490 g/mol. The Hall–Kier alpha value is -4.83. The van der Waals surface area contributed by atoms with Gasteiger partial charge < -0.3 is 8.98 Å². The number of imidazole rings is 1. The third kappa shape index (κ3) is 3.05. The first-order valence-electron chi connectivity index (χ1n) is 14.3. The molecule has 40 heavy (non-hydrogen) atoms. The average molecular weight is 518 g/mol. The van der Waals surface area contributed by atoms with E-state index in [9.17, 15) is 0 Å². The van der Waals surface area contributed by atoms with Gasteiger partial charge in [0.05, 0.1) is 27.5 Å². The third-order valence-electron chi connectivity index (χ3n) is 8.85. The monoisotopic (exact) mass is 517 g/mol. The zero-order valence-electron chi connectivity index (χ0n) is 22.0. The molecule has 1 saturated carbocycles. The van der Waals surface area contributed by atoms with Crippen LogP contribution < -0.4 is 0 Å². The Morgan fingerprint density at radius 2 is 1.25 bits per heavy atom. The van der Waals surface area contributed by atoms with Crippen molar-refractivity contribution in [3.63, 3.8) is 0 Å². The highest BCUT2D eigenvalue weighted by molar-refractivity contribution is 6.23. The zero-order chi connectivity index (χ0) is 26.2. The van der Waals surface area contributed by atoms with Crippen molar-refractivity contribution in [3.05, 3.63) is 115 Å². The fourth-order valence-electron chi connectivity index (χ4n) is 7.04. The highest BCUT2D eigenvalue weighted by atomic mass is 16.3. The van der Waals surface area contributed by atoms with Crippen molar-refractivity contribution in [2.45, 2.75) is 31.6 Å². The largest absolute Gasteiger partial charge is 0.455 e. The maximum atomic E-state index is 6.47. The van der Waals surface area contributed by atoms with Crippen molar-refractivity contribution in [1.82, 2.24) is 14.1 Å². The van der Waals surface area contributed by atoms with Crippen LogP contribution in [-0.2, 0) is 0 Å². The topological polar surface area (TPSA) is 35.9 Å². The van der Waals surface area contributed by atoms with Crippen LogP contribution >= 0.6 is 0 Å². The van der Waals surface area contributed by atoms with Gasteiger partial charge >= 0.3 is 0 Å². The first kappa shape index (κ1) is 22.0. The van der Waals surface area contributed by atoms with E-state index in [1.165, 1.54) is 53.6 Å². The molecule has 0 amide bonds. The minimum absolute atomic E-state index is 0.524. The summed E-state index contributed by atoms with van der Waals surface area (Å²) in [7, 11) is 0. The molecule has 9 rings (SSSR count). The SMILES string of the molecule is c1ccc2c(c1)nc(C1CCCC1)n2-c1ccc(-n2c3ccccc3c3c4oc5ccccc5c4ccc32)cc1. The van der Waals surface area contributed by atoms with E-state index < -0.39 is 0 Å². The molecule has 4 nitrogen and oxygen atoms in total. The lowest BCUT2D eigenvalue weighted by molar-refractivity contribution is 0.659. The molecule has 0 radical (unpaired) electrons. The van der Waals surface area contributed by atoms with E-state index in [0.717, 1.165) is 44.0 Å². The molecule has 0 unspecified atom stereocenters. The summed E-state index contributed by atoms with van der Waals surface area (Å²) < 4.78 is 11.2. The molecule has 8 aromatic rings. The minimum atomic E-state index is 0.524. The predicted molar refractivity (Wildman–Crippen MR) is 164 cm³/mol. The van der Waals surface area contributed by atoms with E-state index in [4.69, 9.17) is 9.40 Å². The summed E-state index contributed by atoms with van der Waals surface area (Å²) in [6.45, 7) is 0. The molecule has 4 heteroatoms. The minimum Gasteiger partial charge on any atom is -0.455 e. The van der Waals surface area contributed by atoms with Crippen LogP contribution in [-0.4, -0.2) is 14.1 Å². The molecule has 192 valence electrons. The smallest absolute Gasteiger partial charge is 0.145 e. The quantitative estimate of drug-likeness (QED) is 0.234. The fourth-order valence-corrected chi connectivity index (χ4v) is 7.04. The van der Waals surface area contributed by atoms with Gasteiger partial charge in [-0.2, -0.15) is 0 Å². The third-order valence-corrected chi connectivity index (χ3v) is 8.85. The van der Waals surface area contributed by atoms with E-state index in [1.54, 1.807) is 0 Å². The number of nitrogens with zero attached hydrogens (tertiary/aromatic N) is 3. The Kier molecular flexibility index (Phi) is 4.59. The highest BCUT2D eigenvalue weighted by Gasteiger charge is 2.25. The van der Waals surface area contributed by atoms with Crippen molar-refractivity contribution in [2.75, 3.05) is 0 Å². The van der Waals surface area contributed by atoms with Gasteiger partial charge in [0.25, 0.3) is 0 Å². The Labute approximate surface area is 231 Å². The van der Waals surface area contributed by atoms with E-state index in [1.807, 2.05) is 6.07 Å². The molecule has 0 atom stereocenters. The molecule has 1 aliphatic carbocycles. The first-order valence-corrected chi connectivity index (χ1v) is 14.3. The van der Waals surface area contributed by atoms with Gasteiger partial charge in [-0.25, -0.2) is 4.98 Å². The van der Waals surface area contributed by atoms with Crippen molar-refractivity contribution in [3.8, 4) is 11.4 Å². The van der Waals surface area contributed by atoms with Crippen molar-refractivity contribution in [1.29, 1.82) is 0 Å². The van der Waals surface area contributed by atoms with Crippen molar-refractivity contribution >= 4 is 54.8 Å². The fraction of sp³-hybridized carbons (Fsp3) is 0.139. The van der Waals surface area contributed by atoms with Crippen molar-refractivity contribution in [2.24, 2.45) is 0 Å². The second-order valence-corrected chi connectivity index (χ2v) is 11.1. The lowest BCUT2D eigenvalue weighted by Crippen LogP contribution is -2.05. The Morgan fingerprint density at radius 1 is 0.575 bits per heavy atom. The number of rotatable bonds is 3. The number of aromatic nitrogens is 3. The molecule has 1 aliphatic rings. The average Bonchev–Trinajstić information content (AvgIpc) is 3.79. The molecule has 0 aliphatic heterocycles. The molecule has 1 fully saturated rings. The summed E-state index contributed by atoms with van der Waals surface area (Å²) in [5.74, 6) is 1.73. The van der Waals surface area contributed by atoms with Crippen LogP contribution in [0.5, 0.6) is 0 Å². The lowest BCUT2D eigenvalue weighted by atomic mass is 10.1. The standard InChI is InChI=1S/C36H27N3O/c1-2-10-23(9-1)36-37-29-13-5-7-15-31(29)39(36)25-19-17-24(18-20-25)38-30-14-6-3-12-28(30)34-32(38)22-21-27-26-11-4-8-16-33(26)40-35(27)34/h3-8,11-23H,1-2,9-10H2. The molecule has 0 bridgehead atoms. The van der Waals surface area contributed by atoms with Gasteiger partial charge in [-0.1, -0.05) is 61.4 Å². The summed E-state index contributed by atoms with van der Waals surface area (Å²) in [5, 5.41) is 4.69. The van der Waals surface area contributed by atoms with E-state index >= 15 is 0 Å². The lowest BCUT2D eigenvalue weighted by Gasteiger charge is -2.15. The van der Waals surface area contributed by atoms with Gasteiger partial charge in [0.2, 0.25) is 0 Å². The van der Waals surface area contributed by atoms with E-state index in [2.05, 4.69) is 112 Å². The van der Waals surface area contributed by atoms with Crippen LogP contribution in [0.4, 0.5) is 0 Å². The number of fused-ring (bicyclic) bond motifs is 8. The second kappa shape index (κ2) is 8.33. The number of benzene rings is 5. The number of hydrogen-bond donors (Lipinski definition) is 0. The zero-order valence-corrected chi connectivity index (χ0v) is 22.0. The van der Waals surface area contributed by atoms with Gasteiger partial charge in [-0.3, -0.25) is 4.57 Å². The first-order chi connectivity index (χ1) is 19.8. The number of furan rings is 1. The van der Waals surface area contributed by atoms with E-state index in [0.29, 0.717) is 5.92 Å². The van der Waals surface area contributed by atoms with Gasteiger partial charge in [0.15, 0.2) is 0 Å². The van der Waals surface area contributed by atoms with Gasteiger partial charge in [0.1, 0.15) is 17.0 Å². The Balaban J connectivity index is 1.26. The normalized spacial score (nSPS) is 14.5. The molecule has 0 spiro atoms. The highest BCUT2D eigenvalue weighted by Crippen LogP contribution is 2.41. The number of hydrogen-bond acceptors (Lipinski definition) is 2. The summed E-state index contributed by atoms with van der Waals surface area (Å²) in [5.41, 5.74) is 8.77. The molecule has 0 saturated heterocycles. The van der Waals surface area contributed by atoms with Gasteiger partial charge in [0, 0.05) is 33.5 Å². The van der Waals surface area contributed by atoms with Crippen LogP contribution in [0.1, 0.15) is 37.4 Å². The van der Waals surface area contributed by atoms with Crippen LogP contribution in [0, 0.1) is 0 Å². The maximum Gasteiger partial charge on any atom is 0.145 e. The Bertz CT molecular complexity index is 2220. The molecule has 3 aromatic heterocycles. The van der Waals surface area contributed by atoms with Crippen LogP contribution in [0.15, 0.2) is 114 Å². The van der Waals surface area contributed by atoms with Crippen LogP contribution in [0.3, 0.4) is 0 Å². The summed E-state index contributed by atoms with van der Waals surface area (Å²) in [6, 6.07) is 38.9. The Morgan fingerprint density at radius 3 is 2.08 bits per heavy atom. The van der Waals surface area contributed by atoms with E-state index in [-0.39, 0.29) is 0 Å². The van der Waals surface area contributed by atoms with Gasteiger partial charge in [-0.05, 0) is 73.5 Å². The molecule has 5 aromatic carbocycles.